The molecule has 6 heteroatoms. The van der Waals surface area contributed by atoms with Crippen LogP contribution >= 0.6 is 11.6 Å². The number of carbonyl (C=O) groups excluding carboxylic acids is 2. The summed E-state index contributed by atoms with van der Waals surface area (Å²) in [6.45, 7) is 4.83. The minimum atomic E-state index is -2.08. The molecule has 0 aromatic heterocycles. The van der Waals surface area contributed by atoms with Gasteiger partial charge < -0.3 is 10.1 Å². The van der Waals surface area contributed by atoms with Gasteiger partial charge in [0, 0.05) is 5.57 Å². The molecule has 0 rings (SSSR count). The molecule has 1 atom stereocenters. The van der Waals surface area contributed by atoms with E-state index in [1.54, 1.807) is 0 Å². The van der Waals surface area contributed by atoms with Gasteiger partial charge in [0.2, 0.25) is 0 Å². The largest absolute Gasteiger partial charge is 0.460 e. The lowest BCUT2D eigenvalue weighted by Crippen LogP contribution is -2.32. The molecule has 80 valence electrons. The van der Waals surface area contributed by atoms with Crippen LogP contribution in [0.1, 0.15) is 6.92 Å². The van der Waals surface area contributed by atoms with Crippen LogP contribution in [0.15, 0.2) is 12.2 Å². The lowest BCUT2D eigenvalue weighted by Gasteiger charge is -2.05. The first-order valence-electron chi connectivity index (χ1n) is 3.83. The molecule has 1 amide bonds. The first kappa shape index (κ1) is 12.9. The Morgan fingerprint density at radius 2 is 2.21 bits per heavy atom. The quantitative estimate of drug-likeness (QED) is 0.324. The maximum Gasteiger partial charge on any atom is 0.333 e. The van der Waals surface area contributed by atoms with Gasteiger partial charge in [-0.2, -0.15) is 0 Å². The summed E-state index contributed by atoms with van der Waals surface area (Å²) in [5, 5.41) is 2.12. The number of rotatable bonds is 5. The summed E-state index contributed by atoms with van der Waals surface area (Å²) in [6.07, 6.45) is 0. The second kappa shape index (κ2) is 6.37. The van der Waals surface area contributed by atoms with Crippen molar-refractivity contribution >= 4 is 23.5 Å². The van der Waals surface area contributed by atoms with Gasteiger partial charge in [-0.05, 0) is 6.92 Å². The van der Waals surface area contributed by atoms with Crippen LogP contribution in [0.4, 0.5) is 4.39 Å². The van der Waals surface area contributed by atoms with Gasteiger partial charge in [-0.25, -0.2) is 9.18 Å². The van der Waals surface area contributed by atoms with Crippen LogP contribution in [0.3, 0.4) is 0 Å². The zero-order valence-electron chi connectivity index (χ0n) is 7.68. The van der Waals surface area contributed by atoms with Crippen LogP contribution in [-0.2, 0) is 14.3 Å². The number of halogens is 2. The molecule has 0 saturated heterocycles. The maximum atomic E-state index is 12.0. The first-order chi connectivity index (χ1) is 6.45. The topological polar surface area (TPSA) is 55.4 Å². The normalized spacial score (nSPS) is 11.6. The Labute approximate surface area is 86.1 Å². The van der Waals surface area contributed by atoms with Crippen molar-refractivity contribution in [3.05, 3.63) is 12.2 Å². The molecule has 0 aliphatic carbocycles. The van der Waals surface area contributed by atoms with Crippen molar-refractivity contribution in [3.63, 3.8) is 0 Å². The molecule has 0 radical (unpaired) electrons. The fraction of sp³-hybridized carbons (Fsp3) is 0.500. The smallest absolute Gasteiger partial charge is 0.333 e. The molecule has 1 N–H and O–H groups in total. The highest BCUT2D eigenvalue weighted by Crippen LogP contribution is 1.95. The lowest BCUT2D eigenvalue weighted by molar-refractivity contribution is -0.139. The minimum absolute atomic E-state index is 0.0188. The Morgan fingerprint density at radius 1 is 1.64 bits per heavy atom. The van der Waals surface area contributed by atoms with E-state index in [2.05, 4.69) is 16.6 Å². The van der Waals surface area contributed by atoms with Crippen molar-refractivity contribution in [3.8, 4) is 0 Å². The fourth-order valence-electron chi connectivity index (χ4n) is 0.518. The van der Waals surface area contributed by atoms with Gasteiger partial charge in [-0.1, -0.05) is 18.2 Å². The third-order valence-corrected chi connectivity index (χ3v) is 1.38. The summed E-state index contributed by atoms with van der Waals surface area (Å²) in [4.78, 5) is 21.3. The first-order valence-corrected chi connectivity index (χ1v) is 4.27. The number of carbonyl (C=O) groups is 2. The van der Waals surface area contributed by atoms with Gasteiger partial charge in [0.1, 0.15) is 6.61 Å². The van der Waals surface area contributed by atoms with Gasteiger partial charge in [-0.3, -0.25) is 4.79 Å². The Hall–Kier alpha value is -1.10. The van der Waals surface area contributed by atoms with Gasteiger partial charge in [0.15, 0.2) is 0 Å². The summed E-state index contributed by atoms with van der Waals surface area (Å²) in [5.74, 6) is -1.50. The second-order valence-electron chi connectivity index (χ2n) is 2.51. The van der Waals surface area contributed by atoms with E-state index in [-0.39, 0.29) is 18.7 Å². The third kappa shape index (κ3) is 5.53. The molecule has 0 bridgehead atoms. The number of nitrogens with one attached hydrogen (secondary N) is 1. The third-order valence-electron chi connectivity index (χ3n) is 1.18. The Morgan fingerprint density at radius 3 is 2.64 bits per heavy atom. The van der Waals surface area contributed by atoms with Crippen molar-refractivity contribution in [2.75, 3.05) is 13.2 Å². The van der Waals surface area contributed by atoms with Gasteiger partial charge in [-0.15, -0.1) is 0 Å². The summed E-state index contributed by atoms with van der Waals surface area (Å²) >= 11 is 4.82. The van der Waals surface area contributed by atoms with Crippen molar-refractivity contribution in [1.29, 1.82) is 0 Å². The zero-order valence-corrected chi connectivity index (χ0v) is 8.44. The van der Waals surface area contributed by atoms with Crippen molar-refractivity contribution < 1.29 is 18.7 Å². The Bertz CT molecular complexity index is 243. The molecule has 0 saturated carbocycles. The molecular formula is C8H11ClFNO3. The number of amides is 1. The van der Waals surface area contributed by atoms with Gasteiger partial charge in [0.05, 0.1) is 6.54 Å². The van der Waals surface area contributed by atoms with Gasteiger partial charge in [0.25, 0.3) is 11.5 Å². The average Bonchev–Trinajstić information content (AvgIpc) is 2.11. The van der Waals surface area contributed by atoms with Crippen LogP contribution in [0.5, 0.6) is 0 Å². The average molecular weight is 224 g/mol. The van der Waals surface area contributed by atoms with Crippen LogP contribution in [-0.4, -0.2) is 30.7 Å². The van der Waals surface area contributed by atoms with Crippen molar-refractivity contribution in [2.24, 2.45) is 0 Å². The lowest BCUT2D eigenvalue weighted by atomic mass is 10.4. The molecule has 0 aromatic rings. The fourth-order valence-corrected chi connectivity index (χ4v) is 0.595. The van der Waals surface area contributed by atoms with E-state index >= 15 is 0 Å². The van der Waals surface area contributed by atoms with E-state index in [0.29, 0.717) is 0 Å². The highest BCUT2D eigenvalue weighted by molar-refractivity contribution is 6.29. The van der Waals surface area contributed by atoms with E-state index in [1.165, 1.54) is 6.92 Å². The Kier molecular flexibility index (Phi) is 5.87. The summed E-state index contributed by atoms with van der Waals surface area (Å²) in [5.41, 5.74) is -1.82. The van der Waals surface area contributed by atoms with E-state index in [4.69, 9.17) is 11.6 Å². The van der Waals surface area contributed by atoms with E-state index in [9.17, 15) is 14.0 Å². The summed E-state index contributed by atoms with van der Waals surface area (Å²) in [7, 11) is 0. The molecule has 0 aliphatic rings. The molecule has 4 nitrogen and oxygen atoms in total. The SMILES string of the molecule is C=C(C)C(=O)OCCNC(=O)C(F)Cl. The molecule has 1 unspecified atom stereocenters. The Balaban J connectivity index is 3.52. The number of esters is 1. The highest BCUT2D eigenvalue weighted by Gasteiger charge is 2.12. The van der Waals surface area contributed by atoms with Gasteiger partial charge >= 0.3 is 5.97 Å². The molecule has 14 heavy (non-hydrogen) atoms. The maximum absolute atomic E-state index is 12.0. The van der Waals surface area contributed by atoms with Crippen molar-refractivity contribution in [1.82, 2.24) is 5.32 Å². The van der Waals surface area contributed by atoms with Crippen LogP contribution in [0.25, 0.3) is 0 Å². The monoisotopic (exact) mass is 223 g/mol. The predicted molar refractivity (Wildman–Crippen MR) is 49.5 cm³/mol. The van der Waals surface area contributed by atoms with Crippen LogP contribution in [0.2, 0.25) is 0 Å². The van der Waals surface area contributed by atoms with E-state index in [1.807, 2.05) is 0 Å². The number of hydrogen-bond acceptors (Lipinski definition) is 3. The van der Waals surface area contributed by atoms with Crippen LogP contribution < -0.4 is 5.32 Å². The molecule has 0 aliphatic heterocycles. The minimum Gasteiger partial charge on any atom is -0.460 e. The standard InChI is InChI=1S/C8H11ClFNO3/c1-5(2)8(13)14-4-3-11-7(12)6(9)10/h6H,1,3-4H2,2H3,(H,11,12). The number of ether oxygens (including phenoxy) is 1. The molecule has 0 spiro atoms. The summed E-state index contributed by atoms with van der Waals surface area (Å²) in [6, 6.07) is 0. The molecule has 0 aromatic carbocycles. The molecular weight excluding hydrogens is 213 g/mol. The predicted octanol–water partition coefficient (Wildman–Crippen LogP) is 0.756. The van der Waals surface area contributed by atoms with Crippen molar-refractivity contribution in [2.45, 2.75) is 12.6 Å². The zero-order chi connectivity index (χ0) is 11.1. The molecule has 0 heterocycles. The second-order valence-corrected chi connectivity index (χ2v) is 2.89. The van der Waals surface area contributed by atoms with Crippen LogP contribution in [0, 0.1) is 0 Å². The number of alkyl halides is 2. The highest BCUT2D eigenvalue weighted by atomic mass is 35.5. The molecule has 0 fully saturated rings. The number of hydrogen-bond donors (Lipinski definition) is 1. The summed E-state index contributed by atoms with van der Waals surface area (Å²) < 4.78 is 16.7. The van der Waals surface area contributed by atoms with E-state index < -0.39 is 17.5 Å². The van der Waals surface area contributed by atoms with E-state index in [0.717, 1.165) is 0 Å².